The molecule has 0 aromatic heterocycles. The highest BCUT2D eigenvalue weighted by Gasteiger charge is 2.30. The second-order valence-corrected chi connectivity index (χ2v) is 7.68. The zero-order valence-corrected chi connectivity index (χ0v) is 16.9. The van der Waals surface area contributed by atoms with Crippen LogP contribution < -0.4 is 15.4 Å². The van der Waals surface area contributed by atoms with Crippen molar-refractivity contribution in [1.82, 2.24) is 5.32 Å². The zero-order chi connectivity index (χ0) is 22.7. The third-order valence-electron chi connectivity index (χ3n) is 5.31. The molecule has 1 heterocycles. The predicted molar refractivity (Wildman–Crippen MR) is 111 cm³/mol. The van der Waals surface area contributed by atoms with Crippen molar-refractivity contribution in [3.05, 3.63) is 89.5 Å². The molecule has 0 radical (unpaired) electrons. The molecule has 1 fully saturated rings. The van der Waals surface area contributed by atoms with E-state index >= 15 is 0 Å². The maximum atomic E-state index is 13.9. The Kier molecular flexibility index (Phi) is 6.41. The zero-order valence-electron chi connectivity index (χ0n) is 16.9. The molecule has 166 valence electrons. The Labute approximate surface area is 182 Å². The summed E-state index contributed by atoms with van der Waals surface area (Å²) in [5.41, 5.74) is 0.387. The SMILES string of the molecule is O=C(Nc1ccc(Oc2ccc(F)cc2)cc1)C1CC(Cc2c(F)cc(F)cc2F)CN1. The van der Waals surface area contributed by atoms with Gasteiger partial charge in [-0.05, 0) is 73.8 Å². The predicted octanol–water partition coefficient (Wildman–Crippen LogP) is 5.19. The molecule has 0 spiro atoms. The molecule has 2 N–H and O–H groups in total. The Morgan fingerprint density at radius 2 is 1.50 bits per heavy atom. The first kappa shape index (κ1) is 21.8. The minimum absolute atomic E-state index is 0.0736. The van der Waals surface area contributed by atoms with Gasteiger partial charge in [-0.15, -0.1) is 0 Å². The number of carbonyl (C=O) groups is 1. The van der Waals surface area contributed by atoms with E-state index in [4.69, 9.17) is 4.74 Å². The van der Waals surface area contributed by atoms with Gasteiger partial charge in [0.15, 0.2) is 0 Å². The molecule has 0 bridgehead atoms. The van der Waals surface area contributed by atoms with Crippen LogP contribution in [0.15, 0.2) is 60.7 Å². The summed E-state index contributed by atoms with van der Waals surface area (Å²) in [5.74, 6) is -2.57. The molecule has 0 saturated carbocycles. The lowest BCUT2D eigenvalue weighted by Gasteiger charge is -2.13. The lowest BCUT2D eigenvalue weighted by Crippen LogP contribution is -2.35. The highest BCUT2D eigenvalue weighted by atomic mass is 19.1. The lowest BCUT2D eigenvalue weighted by molar-refractivity contribution is -0.117. The summed E-state index contributed by atoms with van der Waals surface area (Å²) < 4.78 is 59.4. The molecule has 4 rings (SSSR count). The summed E-state index contributed by atoms with van der Waals surface area (Å²) in [6.07, 6.45) is 0.470. The van der Waals surface area contributed by atoms with E-state index in [2.05, 4.69) is 10.6 Å². The number of hydrogen-bond donors (Lipinski definition) is 2. The number of amides is 1. The third-order valence-corrected chi connectivity index (χ3v) is 5.31. The number of benzene rings is 3. The van der Waals surface area contributed by atoms with Crippen molar-refractivity contribution < 1.29 is 27.1 Å². The number of anilines is 1. The minimum atomic E-state index is -0.959. The van der Waals surface area contributed by atoms with Gasteiger partial charge in [-0.2, -0.15) is 0 Å². The smallest absolute Gasteiger partial charge is 0.241 e. The van der Waals surface area contributed by atoms with Crippen LogP contribution in [0.1, 0.15) is 12.0 Å². The Bertz CT molecular complexity index is 1080. The number of halogens is 4. The highest BCUT2D eigenvalue weighted by molar-refractivity contribution is 5.95. The van der Waals surface area contributed by atoms with Crippen molar-refractivity contribution in [2.45, 2.75) is 18.9 Å². The van der Waals surface area contributed by atoms with Gasteiger partial charge in [0.05, 0.1) is 6.04 Å². The van der Waals surface area contributed by atoms with E-state index in [1.54, 1.807) is 24.3 Å². The largest absolute Gasteiger partial charge is 0.457 e. The van der Waals surface area contributed by atoms with Gasteiger partial charge >= 0.3 is 0 Å². The van der Waals surface area contributed by atoms with Crippen molar-refractivity contribution in [3.63, 3.8) is 0 Å². The minimum Gasteiger partial charge on any atom is -0.457 e. The topological polar surface area (TPSA) is 50.4 Å². The fourth-order valence-corrected chi connectivity index (χ4v) is 3.69. The molecular weight excluding hydrogens is 424 g/mol. The van der Waals surface area contributed by atoms with Crippen LogP contribution >= 0.6 is 0 Å². The van der Waals surface area contributed by atoms with Crippen LogP contribution in [0.3, 0.4) is 0 Å². The third kappa shape index (κ3) is 5.26. The summed E-state index contributed by atoms with van der Waals surface area (Å²) in [6, 6.07) is 13.1. The molecule has 4 nitrogen and oxygen atoms in total. The van der Waals surface area contributed by atoms with Crippen LogP contribution in [0, 0.1) is 29.2 Å². The van der Waals surface area contributed by atoms with Gasteiger partial charge in [-0.1, -0.05) is 0 Å². The Balaban J connectivity index is 1.31. The average molecular weight is 444 g/mol. The van der Waals surface area contributed by atoms with Crippen molar-refractivity contribution in [2.24, 2.45) is 5.92 Å². The van der Waals surface area contributed by atoms with Crippen LogP contribution in [-0.4, -0.2) is 18.5 Å². The van der Waals surface area contributed by atoms with E-state index in [-0.39, 0.29) is 29.6 Å². The Morgan fingerprint density at radius 3 is 2.12 bits per heavy atom. The molecule has 2 atom stereocenters. The van der Waals surface area contributed by atoms with E-state index in [0.717, 1.165) is 0 Å². The first-order valence-electron chi connectivity index (χ1n) is 10.1. The summed E-state index contributed by atoms with van der Waals surface area (Å²) >= 11 is 0. The molecule has 1 aliphatic heterocycles. The van der Waals surface area contributed by atoms with E-state index in [1.165, 1.54) is 24.3 Å². The van der Waals surface area contributed by atoms with Gasteiger partial charge in [0, 0.05) is 23.4 Å². The normalized spacial score (nSPS) is 17.9. The number of carbonyl (C=O) groups excluding carboxylic acids is 1. The quantitative estimate of drug-likeness (QED) is 0.515. The van der Waals surface area contributed by atoms with E-state index < -0.39 is 23.5 Å². The number of ether oxygens (including phenoxy) is 1. The second kappa shape index (κ2) is 9.40. The fourth-order valence-electron chi connectivity index (χ4n) is 3.69. The van der Waals surface area contributed by atoms with Gasteiger partial charge in [-0.3, -0.25) is 4.79 Å². The summed E-state index contributed by atoms with van der Waals surface area (Å²) in [7, 11) is 0. The van der Waals surface area contributed by atoms with Gasteiger partial charge in [0.1, 0.15) is 34.8 Å². The fraction of sp³-hybridized carbons (Fsp3) is 0.208. The van der Waals surface area contributed by atoms with E-state index in [1.807, 2.05) is 0 Å². The van der Waals surface area contributed by atoms with E-state index in [0.29, 0.717) is 42.3 Å². The molecule has 1 amide bonds. The molecule has 32 heavy (non-hydrogen) atoms. The maximum absolute atomic E-state index is 13.9. The van der Waals surface area contributed by atoms with Crippen molar-refractivity contribution in [2.75, 3.05) is 11.9 Å². The molecule has 3 aromatic carbocycles. The van der Waals surface area contributed by atoms with Gasteiger partial charge in [-0.25, -0.2) is 17.6 Å². The summed E-state index contributed by atoms with van der Waals surface area (Å²) in [5, 5.41) is 5.85. The summed E-state index contributed by atoms with van der Waals surface area (Å²) in [6.45, 7) is 0.415. The monoisotopic (exact) mass is 444 g/mol. The molecule has 8 heteroatoms. The van der Waals surface area contributed by atoms with Crippen molar-refractivity contribution in [1.29, 1.82) is 0 Å². The van der Waals surface area contributed by atoms with Gasteiger partial charge in [0.2, 0.25) is 5.91 Å². The second-order valence-electron chi connectivity index (χ2n) is 7.68. The number of nitrogens with one attached hydrogen (secondary N) is 2. The van der Waals surface area contributed by atoms with Crippen molar-refractivity contribution in [3.8, 4) is 11.5 Å². The molecular formula is C24H20F4N2O2. The Morgan fingerprint density at radius 1 is 0.906 bits per heavy atom. The highest BCUT2D eigenvalue weighted by Crippen LogP contribution is 2.26. The first-order chi connectivity index (χ1) is 15.4. The lowest BCUT2D eigenvalue weighted by atomic mass is 9.95. The van der Waals surface area contributed by atoms with Gasteiger partial charge < -0.3 is 15.4 Å². The van der Waals surface area contributed by atoms with Gasteiger partial charge in [0.25, 0.3) is 0 Å². The molecule has 0 aliphatic carbocycles. The summed E-state index contributed by atoms with van der Waals surface area (Å²) in [4.78, 5) is 12.6. The van der Waals surface area contributed by atoms with Crippen molar-refractivity contribution >= 4 is 11.6 Å². The van der Waals surface area contributed by atoms with Crippen LogP contribution in [0.5, 0.6) is 11.5 Å². The molecule has 1 aliphatic rings. The Hall–Kier alpha value is -3.39. The molecule has 3 aromatic rings. The van der Waals surface area contributed by atoms with Crippen LogP contribution in [-0.2, 0) is 11.2 Å². The standard InChI is InChI=1S/C24H20F4N2O2/c25-15-1-5-18(6-2-15)32-19-7-3-17(4-8-19)30-24(31)23-10-14(13-29-23)9-20-21(27)11-16(26)12-22(20)28/h1-8,11-12,14,23,29H,9-10,13H2,(H,30,31). The van der Waals surface area contributed by atoms with Crippen LogP contribution in [0.25, 0.3) is 0 Å². The number of hydrogen-bond acceptors (Lipinski definition) is 3. The maximum Gasteiger partial charge on any atom is 0.241 e. The average Bonchev–Trinajstić information content (AvgIpc) is 3.23. The van der Waals surface area contributed by atoms with Crippen LogP contribution in [0.2, 0.25) is 0 Å². The number of rotatable bonds is 6. The first-order valence-corrected chi connectivity index (χ1v) is 10.1. The van der Waals surface area contributed by atoms with Crippen LogP contribution in [0.4, 0.5) is 23.2 Å². The molecule has 2 unspecified atom stereocenters. The van der Waals surface area contributed by atoms with E-state index in [9.17, 15) is 22.4 Å². The molecule has 1 saturated heterocycles.